The van der Waals surface area contributed by atoms with Crippen molar-refractivity contribution < 1.29 is 31.7 Å². The van der Waals surface area contributed by atoms with E-state index in [9.17, 15) is 18.0 Å². The molecule has 14 heteroatoms. The van der Waals surface area contributed by atoms with E-state index in [4.69, 9.17) is 20.5 Å². The van der Waals surface area contributed by atoms with Gasteiger partial charge in [-0.2, -0.15) is 13.5 Å². The smallest absolute Gasteiger partial charge is 0.370 e. The Hall–Kier alpha value is -2.16. The second kappa shape index (κ2) is 7.46. The summed E-state index contributed by atoms with van der Waals surface area (Å²) in [5.41, 5.74) is 7.80. The average molecular weight is 406 g/mol. The lowest BCUT2D eigenvalue weighted by Gasteiger charge is -2.29. The number of nitrogens with one attached hydrogen (secondary N) is 2. The maximum absolute atomic E-state index is 12.4. The summed E-state index contributed by atoms with van der Waals surface area (Å²) in [6.07, 6.45) is 2.28. The summed E-state index contributed by atoms with van der Waals surface area (Å²) in [7, 11) is -4.83. The number of likely N-dealkylation sites (tertiary alicyclic amines) is 1. The lowest BCUT2D eigenvalue weighted by atomic mass is 10.0. The van der Waals surface area contributed by atoms with Gasteiger partial charge in [-0.3, -0.25) is 19.6 Å². The molecule has 1 unspecified atom stereocenters. The third-order valence-corrected chi connectivity index (χ3v) is 5.28. The van der Waals surface area contributed by atoms with Crippen LogP contribution >= 0.6 is 0 Å². The van der Waals surface area contributed by atoms with Gasteiger partial charge in [0.25, 0.3) is 5.91 Å². The maximum atomic E-state index is 12.4. The standard InChI is InChI=1S/C13H22N6O7S/c14-12(15)17-5-1-2-9(17)7-25-16-11(20)10-4-3-8-6-18(10)13(21)19(8)26-27(22,23)24/h8-10H,1-7H2,(H3,14,15)(H,16,20)(H,22,23,24)/t8-,9?,10+/m1/s1. The first-order chi connectivity index (χ1) is 12.7. The molecule has 27 heavy (non-hydrogen) atoms. The molecule has 3 aliphatic rings. The van der Waals surface area contributed by atoms with Crippen molar-refractivity contribution in [3.8, 4) is 0 Å². The van der Waals surface area contributed by atoms with Crippen LogP contribution in [-0.2, 0) is 24.3 Å². The largest absolute Gasteiger partial charge is 0.418 e. The van der Waals surface area contributed by atoms with Gasteiger partial charge >= 0.3 is 16.4 Å². The number of carbonyl (C=O) groups excluding carboxylic acids is 2. The Morgan fingerprint density at radius 3 is 2.78 bits per heavy atom. The summed E-state index contributed by atoms with van der Waals surface area (Å²) in [6, 6.07) is -2.32. The van der Waals surface area contributed by atoms with Crippen LogP contribution in [0, 0.1) is 5.41 Å². The molecule has 0 saturated carbocycles. The summed E-state index contributed by atoms with van der Waals surface area (Å²) >= 11 is 0. The first-order valence-corrected chi connectivity index (χ1v) is 9.83. The summed E-state index contributed by atoms with van der Waals surface area (Å²) < 4.78 is 34.8. The number of nitrogens with two attached hydrogens (primary N) is 1. The Kier molecular flexibility index (Phi) is 5.41. The predicted octanol–water partition coefficient (Wildman–Crippen LogP) is -1.60. The predicted molar refractivity (Wildman–Crippen MR) is 89.1 cm³/mol. The van der Waals surface area contributed by atoms with Crippen LogP contribution < -0.4 is 11.2 Å². The van der Waals surface area contributed by atoms with Crippen LogP contribution in [0.2, 0.25) is 0 Å². The van der Waals surface area contributed by atoms with E-state index in [-0.39, 0.29) is 25.2 Å². The van der Waals surface area contributed by atoms with Gasteiger partial charge < -0.3 is 15.5 Å². The number of hydrogen-bond donors (Lipinski definition) is 4. The maximum Gasteiger partial charge on any atom is 0.418 e. The number of amides is 3. The molecule has 3 heterocycles. The fraction of sp³-hybridized carbons (Fsp3) is 0.769. The molecule has 0 radical (unpaired) electrons. The molecule has 3 amide bonds. The number of carbonyl (C=O) groups is 2. The normalized spacial score (nSPS) is 28.0. The number of hydrogen-bond acceptors (Lipinski definition) is 7. The zero-order valence-electron chi connectivity index (χ0n) is 14.4. The highest BCUT2D eigenvalue weighted by atomic mass is 32.3. The Morgan fingerprint density at radius 2 is 2.11 bits per heavy atom. The van der Waals surface area contributed by atoms with E-state index in [1.54, 1.807) is 4.90 Å². The molecule has 3 aliphatic heterocycles. The van der Waals surface area contributed by atoms with Crippen LogP contribution in [0.15, 0.2) is 0 Å². The van der Waals surface area contributed by atoms with Gasteiger partial charge in [0, 0.05) is 13.1 Å². The van der Waals surface area contributed by atoms with Crippen molar-refractivity contribution in [2.45, 2.75) is 43.8 Å². The number of hydroxylamine groups is 3. The topological polar surface area (TPSA) is 179 Å². The van der Waals surface area contributed by atoms with Crippen molar-refractivity contribution in [3.05, 3.63) is 0 Å². The van der Waals surface area contributed by atoms with E-state index < -0.39 is 34.4 Å². The van der Waals surface area contributed by atoms with Gasteiger partial charge in [-0.05, 0) is 25.7 Å². The molecule has 3 fully saturated rings. The SMILES string of the molecule is N=C(N)N1CCCC1CONC(=O)[C@@H]1CC[C@@H]2CN1C(=O)N2OS(=O)(=O)O. The van der Waals surface area contributed by atoms with E-state index in [1.165, 1.54) is 4.90 Å². The van der Waals surface area contributed by atoms with Crippen LogP contribution in [0.4, 0.5) is 4.79 Å². The minimum absolute atomic E-state index is 0.0488. The van der Waals surface area contributed by atoms with Crippen molar-refractivity contribution in [3.63, 3.8) is 0 Å². The lowest BCUT2D eigenvalue weighted by Crippen LogP contribution is -2.50. The van der Waals surface area contributed by atoms with Gasteiger partial charge in [0.1, 0.15) is 6.04 Å². The van der Waals surface area contributed by atoms with Gasteiger partial charge in [-0.1, -0.05) is 0 Å². The molecule has 152 valence electrons. The Bertz CT molecular complexity index is 731. The molecule has 3 atom stereocenters. The van der Waals surface area contributed by atoms with Gasteiger partial charge in [0.15, 0.2) is 5.96 Å². The summed E-state index contributed by atoms with van der Waals surface area (Å²) in [5, 5.41) is 8.08. The molecular weight excluding hydrogens is 384 g/mol. The van der Waals surface area contributed by atoms with Crippen molar-refractivity contribution in [2.24, 2.45) is 5.73 Å². The second-order valence-electron chi connectivity index (χ2n) is 6.66. The summed E-state index contributed by atoms with van der Waals surface area (Å²) in [5.74, 6) is -0.588. The molecule has 0 aromatic rings. The van der Waals surface area contributed by atoms with Crippen molar-refractivity contribution in [1.82, 2.24) is 20.3 Å². The monoisotopic (exact) mass is 406 g/mol. The number of fused-ring (bicyclic) bond motifs is 2. The van der Waals surface area contributed by atoms with Crippen molar-refractivity contribution in [2.75, 3.05) is 19.7 Å². The van der Waals surface area contributed by atoms with Crippen LogP contribution in [0.3, 0.4) is 0 Å². The van der Waals surface area contributed by atoms with E-state index in [0.717, 1.165) is 12.8 Å². The van der Waals surface area contributed by atoms with E-state index >= 15 is 0 Å². The number of nitrogens with zero attached hydrogens (tertiary/aromatic N) is 3. The molecule has 0 aromatic heterocycles. The molecule has 13 nitrogen and oxygen atoms in total. The number of piperidine rings is 1. The molecule has 2 bridgehead atoms. The fourth-order valence-corrected chi connectivity index (χ4v) is 4.10. The van der Waals surface area contributed by atoms with Crippen LogP contribution in [0.5, 0.6) is 0 Å². The highest BCUT2D eigenvalue weighted by Crippen LogP contribution is 2.30. The minimum atomic E-state index is -4.83. The van der Waals surface area contributed by atoms with Gasteiger partial charge in [0.05, 0.1) is 18.7 Å². The van der Waals surface area contributed by atoms with E-state index in [0.29, 0.717) is 24.4 Å². The van der Waals surface area contributed by atoms with Gasteiger partial charge in [-0.15, -0.1) is 4.28 Å². The van der Waals surface area contributed by atoms with Crippen molar-refractivity contribution >= 4 is 28.3 Å². The second-order valence-corrected chi connectivity index (χ2v) is 7.67. The molecule has 5 N–H and O–H groups in total. The summed E-state index contributed by atoms with van der Waals surface area (Å²) in [4.78, 5) is 32.8. The molecular formula is C13H22N6O7S. The number of rotatable bonds is 6. The molecule has 3 saturated heterocycles. The van der Waals surface area contributed by atoms with E-state index in [1.807, 2.05) is 0 Å². The molecule has 0 spiro atoms. The zero-order chi connectivity index (χ0) is 19.8. The Balaban J connectivity index is 1.53. The molecule has 0 aliphatic carbocycles. The van der Waals surface area contributed by atoms with Crippen LogP contribution in [-0.4, -0.2) is 83.6 Å². The first kappa shape index (κ1) is 19.6. The first-order valence-electron chi connectivity index (χ1n) is 8.46. The highest BCUT2D eigenvalue weighted by Gasteiger charge is 2.49. The third-order valence-electron chi connectivity index (χ3n) is 4.94. The highest BCUT2D eigenvalue weighted by molar-refractivity contribution is 7.80. The molecule has 3 rings (SSSR count). The minimum Gasteiger partial charge on any atom is -0.370 e. The van der Waals surface area contributed by atoms with Crippen LogP contribution in [0.25, 0.3) is 0 Å². The number of urea groups is 1. The number of guanidine groups is 1. The lowest BCUT2D eigenvalue weighted by molar-refractivity contribution is -0.139. The van der Waals surface area contributed by atoms with Crippen molar-refractivity contribution in [1.29, 1.82) is 5.41 Å². The van der Waals surface area contributed by atoms with Gasteiger partial charge in [0.2, 0.25) is 0 Å². The van der Waals surface area contributed by atoms with Crippen LogP contribution in [0.1, 0.15) is 25.7 Å². The zero-order valence-corrected chi connectivity index (χ0v) is 15.2. The fourth-order valence-electron chi connectivity index (χ4n) is 3.71. The Labute approximate surface area is 155 Å². The third kappa shape index (κ3) is 4.23. The quantitative estimate of drug-likeness (QED) is 0.175. The summed E-state index contributed by atoms with van der Waals surface area (Å²) in [6.45, 7) is 0.910. The average Bonchev–Trinajstić information content (AvgIpc) is 3.14. The van der Waals surface area contributed by atoms with Gasteiger partial charge in [-0.25, -0.2) is 10.3 Å². The van der Waals surface area contributed by atoms with E-state index in [2.05, 4.69) is 9.76 Å². The Morgan fingerprint density at radius 1 is 1.37 bits per heavy atom. The molecule has 0 aromatic carbocycles.